The predicted molar refractivity (Wildman–Crippen MR) is 150 cm³/mol. The minimum atomic E-state index is -1.19. The van der Waals surface area contributed by atoms with Crippen molar-refractivity contribution in [1.82, 2.24) is 5.32 Å². The molecule has 1 aliphatic heterocycles. The maximum Gasteiger partial charge on any atom is 0.252 e. The third-order valence-corrected chi connectivity index (χ3v) is 7.70. The highest BCUT2D eigenvalue weighted by molar-refractivity contribution is 9.10. The van der Waals surface area contributed by atoms with Crippen LogP contribution in [0.5, 0.6) is 5.75 Å². The van der Waals surface area contributed by atoms with Crippen molar-refractivity contribution in [3.05, 3.63) is 97.9 Å². The highest BCUT2D eigenvalue weighted by Crippen LogP contribution is 2.35. The van der Waals surface area contributed by atoms with Crippen LogP contribution in [0.4, 0.5) is 0 Å². The van der Waals surface area contributed by atoms with Crippen LogP contribution >= 0.6 is 39.1 Å². The molecule has 3 aromatic rings. The number of aliphatic hydroxyl groups excluding tert-OH is 1. The van der Waals surface area contributed by atoms with Crippen LogP contribution in [0, 0.1) is 0 Å². The Morgan fingerprint density at radius 1 is 1.14 bits per heavy atom. The van der Waals surface area contributed by atoms with E-state index in [1.165, 1.54) is 0 Å². The Hall–Kier alpha value is -2.58. The van der Waals surface area contributed by atoms with E-state index >= 15 is 0 Å². The fraction of sp³-hybridized carbons (Fsp3) is 0.286. The molecule has 0 radical (unpaired) electrons. The number of hydrogen-bond acceptors (Lipinski definition) is 5. The second kappa shape index (κ2) is 12.3. The SMILES string of the molecule is C[C@H]1OC(c2ccc(OCCCO)cc2)=N[C@@]1(Cc1ccccc1Br)C(=O)NCc1ccc(Cl)c(Cl)c1. The van der Waals surface area contributed by atoms with Gasteiger partial charge in [-0.25, -0.2) is 4.99 Å². The topological polar surface area (TPSA) is 80.2 Å². The van der Waals surface area contributed by atoms with Crippen LogP contribution in [0.25, 0.3) is 0 Å². The zero-order chi connectivity index (χ0) is 26.4. The van der Waals surface area contributed by atoms with Gasteiger partial charge >= 0.3 is 0 Å². The Labute approximate surface area is 234 Å². The van der Waals surface area contributed by atoms with Gasteiger partial charge in [-0.05, 0) is 60.5 Å². The van der Waals surface area contributed by atoms with Gasteiger partial charge in [0.25, 0.3) is 5.91 Å². The van der Waals surface area contributed by atoms with E-state index in [1.807, 2.05) is 61.5 Å². The molecule has 0 bridgehead atoms. The minimum absolute atomic E-state index is 0.0767. The van der Waals surface area contributed by atoms with E-state index in [9.17, 15) is 4.79 Å². The van der Waals surface area contributed by atoms with Gasteiger partial charge in [-0.15, -0.1) is 0 Å². The van der Waals surface area contributed by atoms with Gasteiger partial charge in [-0.1, -0.05) is 63.4 Å². The summed E-state index contributed by atoms with van der Waals surface area (Å²) in [7, 11) is 0. The number of carbonyl (C=O) groups excluding carboxylic acids is 1. The molecule has 0 spiro atoms. The standard InChI is InChI=1S/C28H27BrCl2N2O4/c1-18-28(16-21-5-2-3-6-23(21)29,27(35)32-17-19-7-12-24(30)25(31)15-19)33-26(37-18)20-8-10-22(11-9-20)36-14-4-13-34/h2-3,5-12,15,18,34H,4,13-14,16-17H2,1H3,(H,32,35)/t18-,28-/m1/s1. The smallest absolute Gasteiger partial charge is 0.252 e. The fourth-order valence-corrected chi connectivity index (χ4v) is 4.81. The van der Waals surface area contributed by atoms with Gasteiger partial charge in [-0.3, -0.25) is 4.79 Å². The normalized spacial score (nSPS) is 18.7. The number of hydrogen-bond donors (Lipinski definition) is 2. The number of carbonyl (C=O) groups is 1. The Kier molecular flexibility index (Phi) is 9.13. The van der Waals surface area contributed by atoms with E-state index in [-0.39, 0.29) is 19.1 Å². The number of aliphatic hydroxyl groups is 1. The summed E-state index contributed by atoms with van der Waals surface area (Å²) in [4.78, 5) is 18.7. The first-order chi connectivity index (χ1) is 17.8. The summed E-state index contributed by atoms with van der Waals surface area (Å²) < 4.78 is 12.7. The average Bonchev–Trinajstić information content (AvgIpc) is 3.23. The van der Waals surface area contributed by atoms with Crippen LogP contribution in [-0.4, -0.2) is 41.8 Å². The molecule has 0 saturated carbocycles. The van der Waals surface area contributed by atoms with Crippen LogP contribution in [0.2, 0.25) is 10.0 Å². The second-order valence-corrected chi connectivity index (χ2v) is 10.4. The Balaban J connectivity index is 1.61. The summed E-state index contributed by atoms with van der Waals surface area (Å²) in [6.07, 6.45) is 0.377. The molecule has 37 heavy (non-hydrogen) atoms. The van der Waals surface area contributed by atoms with E-state index in [2.05, 4.69) is 21.2 Å². The molecule has 0 saturated heterocycles. The van der Waals surface area contributed by atoms with E-state index in [0.717, 1.165) is 21.2 Å². The predicted octanol–water partition coefficient (Wildman–Crippen LogP) is 5.98. The third kappa shape index (κ3) is 6.47. The zero-order valence-electron chi connectivity index (χ0n) is 20.2. The number of halogens is 3. The van der Waals surface area contributed by atoms with E-state index in [4.69, 9.17) is 42.8 Å². The van der Waals surface area contributed by atoms with Crippen molar-refractivity contribution in [2.24, 2.45) is 4.99 Å². The molecule has 1 aliphatic rings. The first kappa shape index (κ1) is 27.5. The lowest BCUT2D eigenvalue weighted by Gasteiger charge is -2.28. The van der Waals surface area contributed by atoms with Crippen molar-refractivity contribution in [3.8, 4) is 5.75 Å². The van der Waals surface area contributed by atoms with Crippen LogP contribution in [0.15, 0.2) is 76.2 Å². The van der Waals surface area contributed by atoms with E-state index < -0.39 is 11.6 Å². The first-order valence-electron chi connectivity index (χ1n) is 11.9. The van der Waals surface area contributed by atoms with Crippen molar-refractivity contribution in [2.45, 2.75) is 38.0 Å². The highest BCUT2D eigenvalue weighted by atomic mass is 79.9. The molecule has 1 heterocycles. The van der Waals surface area contributed by atoms with Crippen LogP contribution in [0.3, 0.4) is 0 Å². The summed E-state index contributed by atoms with van der Waals surface area (Å²) in [5, 5.41) is 12.9. The number of nitrogens with one attached hydrogen (secondary N) is 1. The van der Waals surface area contributed by atoms with Gasteiger partial charge in [0.1, 0.15) is 11.9 Å². The van der Waals surface area contributed by atoms with Gasteiger partial charge in [0.15, 0.2) is 5.54 Å². The minimum Gasteiger partial charge on any atom is -0.494 e. The molecule has 9 heteroatoms. The molecule has 0 unspecified atom stereocenters. The quantitative estimate of drug-likeness (QED) is 0.279. The summed E-state index contributed by atoms with van der Waals surface area (Å²) in [5.41, 5.74) is 1.32. The molecule has 2 N–H and O–H groups in total. The zero-order valence-corrected chi connectivity index (χ0v) is 23.3. The lowest BCUT2D eigenvalue weighted by molar-refractivity contribution is -0.128. The summed E-state index contributed by atoms with van der Waals surface area (Å²) >= 11 is 15.8. The van der Waals surface area contributed by atoms with Gasteiger partial charge in [0.05, 0.1) is 16.7 Å². The lowest BCUT2D eigenvalue weighted by atomic mass is 9.86. The lowest BCUT2D eigenvalue weighted by Crippen LogP contribution is -2.52. The number of nitrogens with zero attached hydrogens (tertiary/aromatic N) is 1. The number of rotatable bonds is 10. The molecule has 0 aromatic heterocycles. The number of aliphatic imine (C=N–C) groups is 1. The molecule has 194 valence electrons. The largest absolute Gasteiger partial charge is 0.494 e. The molecular weight excluding hydrogens is 579 g/mol. The van der Waals surface area contributed by atoms with Crippen molar-refractivity contribution in [2.75, 3.05) is 13.2 Å². The maximum absolute atomic E-state index is 13.8. The molecule has 4 rings (SSSR count). The third-order valence-electron chi connectivity index (χ3n) is 6.18. The van der Waals surface area contributed by atoms with Crippen molar-refractivity contribution in [1.29, 1.82) is 0 Å². The van der Waals surface area contributed by atoms with Crippen LogP contribution in [0.1, 0.15) is 30.0 Å². The van der Waals surface area contributed by atoms with Gasteiger partial charge in [-0.2, -0.15) is 0 Å². The Bertz CT molecular complexity index is 1290. The second-order valence-electron chi connectivity index (χ2n) is 8.75. The molecule has 3 aromatic carbocycles. The summed E-state index contributed by atoms with van der Waals surface area (Å²) in [5.74, 6) is 0.828. The molecular formula is C28H27BrCl2N2O4. The Morgan fingerprint density at radius 3 is 2.59 bits per heavy atom. The van der Waals surface area contributed by atoms with Crippen molar-refractivity contribution in [3.63, 3.8) is 0 Å². The number of benzene rings is 3. The van der Waals surface area contributed by atoms with Crippen molar-refractivity contribution < 1.29 is 19.4 Å². The van der Waals surface area contributed by atoms with Gasteiger partial charge in [0.2, 0.25) is 5.90 Å². The number of amides is 1. The molecule has 6 nitrogen and oxygen atoms in total. The highest BCUT2D eigenvalue weighted by Gasteiger charge is 2.50. The van der Waals surface area contributed by atoms with E-state index in [0.29, 0.717) is 41.1 Å². The number of ether oxygens (including phenoxy) is 2. The molecule has 0 fully saturated rings. The summed E-state index contributed by atoms with van der Waals surface area (Å²) in [6, 6.07) is 20.4. The van der Waals surface area contributed by atoms with Crippen LogP contribution < -0.4 is 10.1 Å². The summed E-state index contributed by atoms with van der Waals surface area (Å²) in [6.45, 7) is 2.63. The monoisotopic (exact) mass is 604 g/mol. The maximum atomic E-state index is 13.8. The first-order valence-corrected chi connectivity index (χ1v) is 13.4. The van der Waals surface area contributed by atoms with Gasteiger partial charge < -0.3 is 19.9 Å². The molecule has 2 atom stereocenters. The molecule has 1 amide bonds. The average molecular weight is 606 g/mol. The Morgan fingerprint density at radius 2 is 1.89 bits per heavy atom. The van der Waals surface area contributed by atoms with Gasteiger partial charge in [0, 0.05) is 36.0 Å². The fourth-order valence-electron chi connectivity index (χ4n) is 4.06. The van der Waals surface area contributed by atoms with E-state index in [1.54, 1.807) is 12.1 Å². The van der Waals surface area contributed by atoms with Crippen molar-refractivity contribution >= 4 is 50.9 Å². The van der Waals surface area contributed by atoms with Crippen LogP contribution in [-0.2, 0) is 22.5 Å². The molecule has 0 aliphatic carbocycles.